The highest BCUT2D eigenvalue weighted by atomic mass is 15.1. The van der Waals surface area contributed by atoms with Gasteiger partial charge < -0.3 is 10.2 Å². The van der Waals surface area contributed by atoms with E-state index >= 15 is 0 Å². The van der Waals surface area contributed by atoms with Crippen molar-refractivity contribution in [3.05, 3.63) is 59.9 Å². The highest BCUT2D eigenvalue weighted by Crippen LogP contribution is 2.18. The van der Waals surface area contributed by atoms with Crippen molar-refractivity contribution in [3.8, 4) is 0 Å². The van der Waals surface area contributed by atoms with Gasteiger partial charge in [0.2, 0.25) is 0 Å². The van der Waals surface area contributed by atoms with E-state index in [1.807, 2.05) is 24.4 Å². The Morgan fingerprint density at radius 3 is 2.60 bits per heavy atom. The van der Waals surface area contributed by atoms with E-state index in [1.165, 1.54) is 11.3 Å². The second-order valence-corrected chi connectivity index (χ2v) is 4.86. The van der Waals surface area contributed by atoms with Gasteiger partial charge in [0.25, 0.3) is 0 Å². The molecule has 1 N–H and O–H groups in total. The zero-order valence-electron chi connectivity index (χ0n) is 12.3. The standard InChI is InChI=1S/C17H23N3/c1-3-20(17-10-5-4-8-15(17)2)13-12-18-14-16-9-6-7-11-19-16/h4-11,18H,3,12-14H2,1-2H3. The van der Waals surface area contributed by atoms with E-state index < -0.39 is 0 Å². The number of anilines is 1. The molecule has 1 heterocycles. The Morgan fingerprint density at radius 1 is 1.10 bits per heavy atom. The first-order valence-corrected chi connectivity index (χ1v) is 7.22. The largest absolute Gasteiger partial charge is 0.370 e. The van der Waals surface area contributed by atoms with Crippen LogP contribution in [0.25, 0.3) is 0 Å². The van der Waals surface area contributed by atoms with Crippen molar-refractivity contribution >= 4 is 5.69 Å². The predicted molar refractivity (Wildman–Crippen MR) is 85.0 cm³/mol. The van der Waals surface area contributed by atoms with Gasteiger partial charge in [0.15, 0.2) is 0 Å². The van der Waals surface area contributed by atoms with Gasteiger partial charge in [0.05, 0.1) is 5.69 Å². The van der Waals surface area contributed by atoms with Crippen LogP contribution in [0.4, 0.5) is 5.69 Å². The van der Waals surface area contributed by atoms with E-state index in [0.717, 1.165) is 31.9 Å². The average Bonchev–Trinajstić information content (AvgIpc) is 2.50. The number of aromatic nitrogens is 1. The SMILES string of the molecule is CCN(CCNCc1ccccn1)c1ccccc1C. The van der Waals surface area contributed by atoms with E-state index in [4.69, 9.17) is 0 Å². The van der Waals surface area contributed by atoms with Gasteiger partial charge in [0.1, 0.15) is 0 Å². The van der Waals surface area contributed by atoms with Gasteiger partial charge in [-0.05, 0) is 37.6 Å². The Morgan fingerprint density at radius 2 is 1.90 bits per heavy atom. The summed E-state index contributed by atoms with van der Waals surface area (Å²) in [5.74, 6) is 0. The maximum Gasteiger partial charge on any atom is 0.0541 e. The molecule has 0 saturated heterocycles. The highest BCUT2D eigenvalue weighted by molar-refractivity contribution is 5.52. The second kappa shape index (κ2) is 7.65. The van der Waals surface area contributed by atoms with Gasteiger partial charge in [-0.1, -0.05) is 24.3 Å². The first-order valence-electron chi connectivity index (χ1n) is 7.22. The first kappa shape index (κ1) is 14.5. The van der Waals surface area contributed by atoms with Crippen molar-refractivity contribution < 1.29 is 0 Å². The number of para-hydroxylation sites is 1. The minimum absolute atomic E-state index is 0.826. The summed E-state index contributed by atoms with van der Waals surface area (Å²) in [6, 6.07) is 14.6. The molecule has 0 amide bonds. The average molecular weight is 269 g/mol. The number of hydrogen-bond donors (Lipinski definition) is 1. The molecule has 0 aliphatic rings. The van der Waals surface area contributed by atoms with Gasteiger partial charge >= 0.3 is 0 Å². The monoisotopic (exact) mass is 269 g/mol. The van der Waals surface area contributed by atoms with Gasteiger partial charge in [-0.15, -0.1) is 0 Å². The summed E-state index contributed by atoms with van der Waals surface area (Å²) >= 11 is 0. The van der Waals surface area contributed by atoms with Gasteiger partial charge in [-0.2, -0.15) is 0 Å². The molecule has 3 heteroatoms. The molecule has 106 valence electrons. The Labute approximate surface area is 121 Å². The van der Waals surface area contributed by atoms with Crippen LogP contribution in [0.3, 0.4) is 0 Å². The van der Waals surface area contributed by atoms with Gasteiger partial charge in [-0.3, -0.25) is 4.98 Å². The smallest absolute Gasteiger partial charge is 0.0541 e. The van der Waals surface area contributed by atoms with Crippen molar-refractivity contribution in [2.45, 2.75) is 20.4 Å². The lowest BCUT2D eigenvalue weighted by Gasteiger charge is -2.25. The molecule has 2 aromatic rings. The fourth-order valence-electron chi connectivity index (χ4n) is 2.30. The number of rotatable bonds is 7. The molecular weight excluding hydrogens is 246 g/mol. The van der Waals surface area contributed by atoms with Crippen molar-refractivity contribution in [3.63, 3.8) is 0 Å². The molecule has 0 aliphatic carbocycles. The number of nitrogens with one attached hydrogen (secondary N) is 1. The van der Waals surface area contributed by atoms with Crippen LogP contribution in [0, 0.1) is 6.92 Å². The molecule has 0 unspecified atom stereocenters. The Kier molecular flexibility index (Phi) is 5.56. The third-order valence-electron chi connectivity index (χ3n) is 3.43. The number of aryl methyl sites for hydroxylation is 1. The number of likely N-dealkylation sites (N-methyl/N-ethyl adjacent to an activating group) is 1. The van der Waals surface area contributed by atoms with Crippen LogP contribution in [-0.2, 0) is 6.54 Å². The zero-order valence-corrected chi connectivity index (χ0v) is 12.3. The van der Waals surface area contributed by atoms with Crippen molar-refractivity contribution in [2.24, 2.45) is 0 Å². The van der Waals surface area contributed by atoms with Crippen LogP contribution in [0.5, 0.6) is 0 Å². The minimum Gasteiger partial charge on any atom is -0.370 e. The Balaban J connectivity index is 1.81. The topological polar surface area (TPSA) is 28.2 Å². The van der Waals surface area contributed by atoms with Crippen LogP contribution in [0.1, 0.15) is 18.2 Å². The lowest BCUT2D eigenvalue weighted by Crippen LogP contribution is -2.32. The molecule has 0 aliphatic heterocycles. The third kappa shape index (κ3) is 4.07. The lowest BCUT2D eigenvalue weighted by atomic mass is 10.2. The number of nitrogens with zero attached hydrogens (tertiary/aromatic N) is 2. The number of pyridine rings is 1. The van der Waals surface area contributed by atoms with Crippen molar-refractivity contribution in [2.75, 3.05) is 24.5 Å². The fourth-order valence-corrected chi connectivity index (χ4v) is 2.30. The lowest BCUT2D eigenvalue weighted by molar-refractivity contribution is 0.656. The quantitative estimate of drug-likeness (QED) is 0.783. The van der Waals surface area contributed by atoms with Crippen molar-refractivity contribution in [1.29, 1.82) is 0 Å². The summed E-state index contributed by atoms with van der Waals surface area (Å²) in [4.78, 5) is 6.72. The number of benzene rings is 1. The molecule has 0 bridgehead atoms. The molecular formula is C17H23N3. The molecule has 0 fully saturated rings. The molecule has 0 atom stereocenters. The Hall–Kier alpha value is -1.87. The van der Waals surface area contributed by atoms with Crippen LogP contribution in [0.2, 0.25) is 0 Å². The number of hydrogen-bond acceptors (Lipinski definition) is 3. The second-order valence-electron chi connectivity index (χ2n) is 4.86. The molecule has 1 aromatic heterocycles. The molecule has 0 radical (unpaired) electrons. The highest BCUT2D eigenvalue weighted by Gasteiger charge is 2.05. The van der Waals surface area contributed by atoms with Crippen molar-refractivity contribution in [1.82, 2.24) is 10.3 Å². The first-order chi connectivity index (χ1) is 9.81. The summed E-state index contributed by atoms with van der Waals surface area (Å²) < 4.78 is 0. The van der Waals surface area contributed by atoms with E-state index in [9.17, 15) is 0 Å². The van der Waals surface area contributed by atoms with Crippen LogP contribution >= 0.6 is 0 Å². The zero-order chi connectivity index (χ0) is 14.2. The molecule has 20 heavy (non-hydrogen) atoms. The van der Waals surface area contributed by atoms with Crippen LogP contribution in [-0.4, -0.2) is 24.6 Å². The summed E-state index contributed by atoms with van der Waals surface area (Å²) in [6.45, 7) is 8.18. The molecule has 3 nitrogen and oxygen atoms in total. The Bertz CT molecular complexity index is 511. The molecule has 2 rings (SSSR count). The van der Waals surface area contributed by atoms with E-state index in [-0.39, 0.29) is 0 Å². The third-order valence-corrected chi connectivity index (χ3v) is 3.43. The summed E-state index contributed by atoms with van der Waals surface area (Å²) in [6.07, 6.45) is 1.84. The van der Waals surface area contributed by atoms with E-state index in [2.05, 4.69) is 53.3 Å². The fraction of sp³-hybridized carbons (Fsp3) is 0.353. The van der Waals surface area contributed by atoms with Crippen LogP contribution < -0.4 is 10.2 Å². The van der Waals surface area contributed by atoms with E-state index in [1.54, 1.807) is 0 Å². The molecule has 0 saturated carbocycles. The van der Waals surface area contributed by atoms with Gasteiger partial charge in [-0.25, -0.2) is 0 Å². The maximum absolute atomic E-state index is 4.31. The van der Waals surface area contributed by atoms with Gasteiger partial charge in [0, 0.05) is 38.1 Å². The molecule has 0 spiro atoms. The summed E-state index contributed by atoms with van der Waals surface area (Å²) in [7, 11) is 0. The normalized spacial score (nSPS) is 10.5. The predicted octanol–water partition coefficient (Wildman–Crippen LogP) is 3.01. The maximum atomic E-state index is 4.31. The minimum atomic E-state index is 0.826. The van der Waals surface area contributed by atoms with E-state index in [0.29, 0.717) is 0 Å². The van der Waals surface area contributed by atoms with Crippen LogP contribution in [0.15, 0.2) is 48.7 Å². The summed E-state index contributed by atoms with van der Waals surface area (Å²) in [5.41, 5.74) is 3.75. The summed E-state index contributed by atoms with van der Waals surface area (Å²) in [5, 5.41) is 3.45. The molecule has 1 aromatic carbocycles.